The zero-order valence-corrected chi connectivity index (χ0v) is 21.4. The molecule has 7 rings (SSSR count). The summed E-state index contributed by atoms with van der Waals surface area (Å²) in [4.78, 5) is 0. The van der Waals surface area contributed by atoms with Crippen LogP contribution in [0.2, 0.25) is 0 Å². The van der Waals surface area contributed by atoms with Crippen LogP contribution in [-0.4, -0.2) is 13.7 Å². The van der Waals surface area contributed by atoms with E-state index < -0.39 is 0 Å². The van der Waals surface area contributed by atoms with Gasteiger partial charge in [-0.05, 0) is 71.3 Å². The summed E-state index contributed by atoms with van der Waals surface area (Å²) in [5, 5.41) is 0. The Morgan fingerprint density at radius 2 is 0.564 bits per heavy atom. The second-order valence-corrected chi connectivity index (χ2v) is 9.60. The van der Waals surface area contributed by atoms with Crippen LogP contribution in [0.1, 0.15) is 0 Å². The fourth-order valence-electron chi connectivity index (χ4n) is 5.35. The lowest BCUT2D eigenvalue weighted by Gasteiger charge is -2.18. The Balaban J connectivity index is 1.44. The Morgan fingerprint density at radius 3 is 0.846 bits per heavy atom. The van der Waals surface area contributed by atoms with Gasteiger partial charge in [-0.15, -0.1) is 0 Å². The van der Waals surface area contributed by atoms with E-state index in [1.807, 2.05) is 0 Å². The molecule has 0 saturated carbocycles. The van der Waals surface area contributed by atoms with Gasteiger partial charge in [0.05, 0.1) is 17.1 Å². The minimum atomic E-state index is 1.10. The van der Waals surface area contributed by atoms with Crippen molar-refractivity contribution in [2.75, 3.05) is 0 Å². The van der Waals surface area contributed by atoms with E-state index in [2.05, 4.69) is 178 Å². The molecular weight excluding hydrogens is 474 g/mol. The Kier molecular flexibility index (Phi) is 5.80. The molecule has 0 aliphatic carbocycles. The highest BCUT2D eigenvalue weighted by Gasteiger charge is 2.14. The summed E-state index contributed by atoms with van der Waals surface area (Å²) in [6, 6.07) is 51.4. The van der Waals surface area contributed by atoms with Gasteiger partial charge in [-0.25, -0.2) is 0 Å². The first-order valence-electron chi connectivity index (χ1n) is 13.2. The smallest absolute Gasteiger partial charge is 0.0528 e. The van der Waals surface area contributed by atoms with Crippen molar-refractivity contribution in [1.29, 1.82) is 0 Å². The molecule has 7 aromatic rings. The molecule has 0 spiro atoms. The highest BCUT2D eigenvalue weighted by Crippen LogP contribution is 2.32. The molecule has 0 aliphatic heterocycles. The van der Waals surface area contributed by atoms with Crippen LogP contribution in [0, 0.1) is 0 Å². The second-order valence-electron chi connectivity index (χ2n) is 9.60. The van der Waals surface area contributed by atoms with Crippen LogP contribution in [0.15, 0.2) is 164 Å². The van der Waals surface area contributed by atoms with Crippen molar-refractivity contribution in [1.82, 2.24) is 13.7 Å². The van der Waals surface area contributed by atoms with Crippen molar-refractivity contribution in [3.63, 3.8) is 0 Å². The molecule has 0 saturated heterocycles. The van der Waals surface area contributed by atoms with Crippen LogP contribution in [0.3, 0.4) is 0 Å². The van der Waals surface area contributed by atoms with E-state index in [4.69, 9.17) is 0 Å². The predicted octanol–water partition coefficient (Wildman–Crippen LogP) is 9.06. The first-order chi connectivity index (χ1) is 19.3. The minimum Gasteiger partial charge on any atom is -0.316 e. The molecule has 0 atom stereocenters. The van der Waals surface area contributed by atoms with Crippen molar-refractivity contribution in [3.8, 4) is 50.8 Å². The fourth-order valence-corrected chi connectivity index (χ4v) is 5.35. The largest absolute Gasteiger partial charge is 0.316 e. The van der Waals surface area contributed by atoms with Gasteiger partial charge in [-0.3, -0.25) is 0 Å². The van der Waals surface area contributed by atoms with E-state index in [-0.39, 0.29) is 0 Å². The minimum absolute atomic E-state index is 1.10. The lowest BCUT2D eigenvalue weighted by atomic mass is 10.1. The molecule has 0 radical (unpaired) electrons. The number of benzene rings is 4. The van der Waals surface area contributed by atoms with Crippen LogP contribution in [-0.2, 0) is 0 Å². The van der Waals surface area contributed by atoms with Crippen LogP contribution < -0.4 is 0 Å². The Hall–Kier alpha value is -5.28. The van der Waals surface area contributed by atoms with E-state index >= 15 is 0 Å². The van der Waals surface area contributed by atoms with E-state index in [0.717, 1.165) is 34.1 Å². The summed E-state index contributed by atoms with van der Waals surface area (Å²) >= 11 is 0. The summed E-state index contributed by atoms with van der Waals surface area (Å²) in [5.74, 6) is 0. The van der Waals surface area contributed by atoms with Crippen LogP contribution in [0.25, 0.3) is 50.8 Å². The van der Waals surface area contributed by atoms with E-state index in [0.29, 0.717) is 0 Å². The molecule has 4 aromatic carbocycles. The maximum Gasteiger partial charge on any atom is 0.0528 e. The molecule has 39 heavy (non-hydrogen) atoms. The molecule has 3 heterocycles. The second kappa shape index (κ2) is 9.88. The molecule has 0 fully saturated rings. The van der Waals surface area contributed by atoms with Crippen molar-refractivity contribution in [2.45, 2.75) is 0 Å². The van der Waals surface area contributed by atoms with Gasteiger partial charge in [0, 0.05) is 35.7 Å². The third kappa shape index (κ3) is 4.30. The molecule has 0 bridgehead atoms. The van der Waals surface area contributed by atoms with Gasteiger partial charge in [0.15, 0.2) is 0 Å². The number of aromatic nitrogens is 3. The summed E-state index contributed by atoms with van der Waals surface area (Å²) in [6.07, 6.45) is 6.44. The quantitative estimate of drug-likeness (QED) is 0.216. The standard InChI is InChI=1S/C36H27N3/c1-4-13-28(14-5-1)34-19-10-22-37(34)31-25-32(38-23-11-20-35(38)29-15-6-2-7-16-29)27-33(26-31)39-24-12-21-36(39)30-17-8-3-9-18-30/h1-27H. The molecule has 3 aromatic heterocycles. The normalized spacial score (nSPS) is 11.1. The monoisotopic (exact) mass is 501 g/mol. The van der Waals surface area contributed by atoms with Crippen molar-refractivity contribution in [2.24, 2.45) is 0 Å². The van der Waals surface area contributed by atoms with Crippen molar-refractivity contribution in [3.05, 3.63) is 164 Å². The van der Waals surface area contributed by atoms with E-state index in [1.165, 1.54) is 16.7 Å². The van der Waals surface area contributed by atoms with E-state index in [9.17, 15) is 0 Å². The number of hydrogen-bond donors (Lipinski definition) is 0. The summed E-state index contributed by atoms with van der Waals surface area (Å²) < 4.78 is 6.83. The summed E-state index contributed by atoms with van der Waals surface area (Å²) in [5.41, 5.74) is 10.3. The van der Waals surface area contributed by atoms with Gasteiger partial charge < -0.3 is 13.7 Å². The van der Waals surface area contributed by atoms with Gasteiger partial charge in [0.1, 0.15) is 0 Å². The van der Waals surface area contributed by atoms with Gasteiger partial charge in [-0.2, -0.15) is 0 Å². The zero-order chi connectivity index (χ0) is 26.0. The zero-order valence-electron chi connectivity index (χ0n) is 21.4. The van der Waals surface area contributed by atoms with Crippen molar-refractivity contribution < 1.29 is 0 Å². The average molecular weight is 502 g/mol. The average Bonchev–Trinajstić information content (AvgIpc) is 3.79. The molecule has 0 unspecified atom stereocenters. The first kappa shape index (κ1) is 22.9. The number of hydrogen-bond acceptors (Lipinski definition) is 0. The Morgan fingerprint density at radius 1 is 0.282 bits per heavy atom. The molecule has 186 valence electrons. The molecule has 3 heteroatoms. The molecule has 3 nitrogen and oxygen atoms in total. The van der Waals surface area contributed by atoms with Crippen LogP contribution in [0.4, 0.5) is 0 Å². The van der Waals surface area contributed by atoms with Crippen LogP contribution >= 0.6 is 0 Å². The fraction of sp³-hybridized carbons (Fsp3) is 0. The lowest BCUT2D eigenvalue weighted by Crippen LogP contribution is -2.04. The Labute approximate surface area is 228 Å². The highest BCUT2D eigenvalue weighted by atomic mass is 15.0. The van der Waals surface area contributed by atoms with Crippen molar-refractivity contribution >= 4 is 0 Å². The number of nitrogens with zero attached hydrogens (tertiary/aromatic N) is 3. The molecule has 0 aliphatic rings. The van der Waals surface area contributed by atoms with Gasteiger partial charge >= 0.3 is 0 Å². The lowest BCUT2D eigenvalue weighted by molar-refractivity contribution is 1.02. The topological polar surface area (TPSA) is 14.8 Å². The molecule has 0 amide bonds. The number of rotatable bonds is 6. The predicted molar refractivity (Wildman–Crippen MR) is 161 cm³/mol. The van der Waals surface area contributed by atoms with Crippen LogP contribution in [0.5, 0.6) is 0 Å². The maximum atomic E-state index is 2.28. The highest BCUT2D eigenvalue weighted by molar-refractivity contribution is 5.69. The third-order valence-electron chi connectivity index (χ3n) is 7.18. The van der Waals surface area contributed by atoms with Gasteiger partial charge in [-0.1, -0.05) is 91.0 Å². The SMILES string of the molecule is c1ccc(-c2cccn2-c2cc(-n3cccc3-c3ccccc3)cc(-n3cccc3-c3ccccc3)c2)cc1. The molecule has 0 N–H and O–H groups in total. The van der Waals surface area contributed by atoms with Gasteiger partial charge in [0.25, 0.3) is 0 Å². The van der Waals surface area contributed by atoms with E-state index in [1.54, 1.807) is 0 Å². The Bertz CT molecular complexity index is 1610. The first-order valence-corrected chi connectivity index (χ1v) is 13.2. The maximum absolute atomic E-state index is 2.28. The molecular formula is C36H27N3. The summed E-state index contributed by atoms with van der Waals surface area (Å²) in [7, 11) is 0. The summed E-state index contributed by atoms with van der Waals surface area (Å²) in [6.45, 7) is 0. The third-order valence-corrected chi connectivity index (χ3v) is 7.18. The van der Waals surface area contributed by atoms with Gasteiger partial charge in [0.2, 0.25) is 0 Å².